The first-order valence-corrected chi connectivity index (χ1v) is 8.55. The molecule has 2 aromatic rings. The molecule has 24 heavy (non-hydrogen) atoms. The predicted octanol–water partition coefficient (Wildman–Crippen LogP) is 4.10. The number of aromatic amines is 1. The molecule has 0 radical (unpaired) electrons. The molecule has 2 rings (SSSR count). The molecule has 6 nitrogen and oxygen atoms in total. The third-order valence-electron chi connectivity index (χ3n) is 3.58. The van der Waals surface area contributed by atoms with Gasteiger partial charge in [-0.15, -0.1) is 0 Å². The Bertz CT molecular complexity index is 736. The quantitative estimate of drug-likeness (QED) is 0.421. The Hall–Kier alpha value is -2.15. The molecule has 0 aliphatic carbocycles. The molecule has 0 fully saturated rings. The van der Waals surface area contributed by atoms with Gasteiger partial charge in [0.25, 0.3) is 0 Å². The molecule has 0 atom stereocenters. The minimum absolute atomic E-state index is 0.461. The van der Waals surface area contributed by atoms with Crippen LogP contribution in [0.3, 0.4) is 0 Å². The van der Waals surface area contributed by atoms with E-state index in [1.54, 1.807) is 18.0 Å². The topological polar surface area (TPSA) is 64.4 Å². The van der Waals surface area contributed by atoms with Crippen LogP contribution in [0, 0.1) is 11.7 Å². The van der Waals surface area contributed by atoms with E-state index in [0.29, 0.717) is 23.0 Å². The van der Waals surface area contributed by atoms with Gasteiger partial charge in [-0.2, -0.15) is 14.9 Å². The minimum Gasteiger partial charge on any atom is -0.493 e. The summed E-state index contributed by atoms with van der Waals surface area (Å²) < 4.78 is 13.3. The van der Waals surface area contributed by atoms with Crippen molar-refractivity contribution in [2.24, 2.45) is 5.10 Å². The number of rotatable bonds is 9. The highest BCUT2D eigenvalue weighted by atomic mass is 32.1. The normalized spacial score (nSPS) is 11.1. The van der Waals surface area contributed by atoms with Crippen molar-refractivity contribution in [1.82, 2.24) is 14.9 Å². The second-order valence-electron chi connectivity index (χ2n) is 5.45. The van der Waals surface area contributed by atoms with Gasteiger partial charge >= 0.3 is 0 Å². The highest BCUT2D eigenvalue weighted by Gasteiger charge is 2.05. The van der Waals surface area contributed by atoms with Crippen molar-refractivity contribution in [1.29, 1.82) is 0 Å². The number of nitrogens with one attached hydrogen (secondary N) is 1. The fourth-order valence-electron chi connectivity index (χ4n) is 2.23. The SMILES string of the molecule is CCCCCCOc1ccc(/C=N\n2c(C)n[nH]c2=S)cc1OC. The Morgan fingerprint density at radius 1 is 1.29 bits per heavy atom. The maximum absolute atomic E-state index is 5.81. The van der Waals surface area contributed by atoms with E-state index in [1.165, 1.54) is 19.3 Å². The zero-order valence-electron chi connectivity index (χ0n) is 14.4. The summed E-state index contributed by atoms with van der Waals surface area (Å²) in [7, 11) is 1.64. The van der Waals surface area contributed by atoms with Gasteiger partial charge in [-0.1, -0.05) is 26.2 Å². The summed E-state index contributed by atoms with van der Waals surface area (Å²) in [5, 5.41) is 11.1. The minimum atomic E-state index is 0.461. The monoisotopic (exact) mass is 348 g/mol. The van der Waals surface area contributed by atoms with Crippen LogP contribution in [0.1, 0.15) is 44.0 Å². The standard InChI is InChI=1S/C17H24N4O2S/c1-4-5-6-7-10-23-15-9-8-14(11-16(15)22-3)12-18-21-13(2)19-20-17(21)24/h8-9,11-12H,4-7,10H2,1-3H3,(H,20,24)/b18-12-. The molecule has 0 amide bonds. The largest absolute Gasteiger partial charge is 0.493 e. The van der Waals surface area contributed by atoms with Crippen LogP contribution in [0.5, 0.6) is 11.5 Å². The number of methoxy groups -OCH3 is 1. The maximum Gasteiger partial charge on any atom is 0.216 e. The number of ether oxygens (including phenoxy) is 2. The number of aromatic nitrogens is 3. The zero-order chi connectivity index (χ0) is 17.4. The van der Waals surface area contributed by atoms with E-state index in [2.05, 4.69) is 22.2 Å². The Balaban J connectivity index is 2.04. The van der Waals surface area contributed by atoms with Crippen molar-refractivity contribution in [3.8, 4) is 11.5 Å². The second kappa shape index (κ2) is 9.22. The fourth-order valence-corrected chi connectivity index (χ4v) is 2.45. The van der Waals surface area contributed by atoms with Gasteiger partial charge < -0.3 is 9.47 Å². The lowest BCUT2D eigenvalue weighted by molar-refractivity contribution is 0.285. The van der Waals surface area contributed by atoms with Gasteiger partial charge in [0, 0.05) is 0 Å². The molecule has 0 unspecified atom stereocenters. The Kier molecular flexibility index (Phi) is 6.99. The van der Waals surface area contributed by atoms with Crippen LogP contribution in [0.2, 0.25) is 0 Å². The fraction of sp³-hybridized carbons (Fsp3) is 0.471. The van der Waals surface area contributed by atoms with Crippen LogP contribution in [-0.2, 0) is 0 Å². The van der Waals surface area contributed by atoms with Gasteiger partial charge in [0.15, 0.2) is 11.5 Å². The molecular formula is C17H24N4O2S. The van der Waals surface area contributed by atoms with E-state index in [-0.39, 0.29) is 0 Å². The van der Waals surface area contributed by atoms with Gasteiger partial charge in [0.2, 0.25) is 4.77 Å². The van der Waals surface area contributed by atoms with Crippen LogP contribution < -0.4 is 9.47 Å². The van der Waals surface area contributed by atoms with Crippen molar-refractivity contribution < 1.29 is 9.47 Å². The number of H-pyrrole nitrogens is 1. The first-order valence-electron chi connectivity index (χ1n) is 8.15. The number of benzene rings is 1. The Labute approximate surface area is 147 Å². The molecular weight excluding hydrogens is 324 g/mol. The van der Waals surface area contributed by atoms with Crippen LogP contribution in [0.25, 0.3) is 0 Å². The van der Waals surface area contributed by atoms with Gasteiger partial charge in [-0.25, -0.2) is 0 Å². The van der Waals surface area contributed by atoms with Crippen molar-refractivity contribution in [3.05, 3.63) is 34.4 Å². The second-order valence-corrected chi connectivity index (χ2v) is 5.84. The first-order chi connectivity index (χ1) is 11.7. The van der Waals surface area contributed by atoms with Crippen LogP contribution >= 0.6 is 12.2 Å². The molecule has 0 saturated carbocycles. The molecule has 1 aromatic carbocycles. The summed E-state index contributed by atoms with van der Waals surface area (Å²) in [6.07, 6.45) is 6.42. The summed E-state index contributed by atoms with van der Waals surface area (Å²) >= 11 is 5.12. The van der Waals surface area contributed by atoms with Crippen molar-refractivity contribution >= 4 is 18.4 Å². The first kappa shape index (κ1) is 18.2. The van der Waals surface area contributed by atoms with Gasteiger partial charge in [0.1, 0.15) is 5.82 Å². The lowest BCUT2D eigenvalue weighted by Crippen LogP contribution is -2.00. The molecule has 0 saturated heterocycles. The third-order valence-corrected chi connectivity index (χ3v) is 3.84. The number of hydrogen-bond donors (Lipinski definition) is 1. The summed E-state index contributed by atoms with van der Waals surface area (Å²) in [6.45, 7) is 4.73. The van der Waals surface area contributed by atoms with Crippen LogP contribution in [-0.4, -0.2) is 34.8 Å². The highest BCUT2D eigenvalue weighted by Crippen LogP contribution is 2.27. The van der Waals surface area contributed by atoms with Crippen molar-refractivity contribution in [3.63, 3.8) is 0 Å². The number of hydrogen-bond acceptors (Lipinski definition) is 5. The summed E-state index contributed by atoms with van der Waals surface area (Å²) in [5.74, 6) is 2.15. The van der Waals surface area contributed by atoms with Crippen molar-refractivity contribution in [2.45, 2.75) is 39.5 Å². The highest BCUT2D eigenvalue weighted by molar-refractivity contribution is 7.71. The molecule has 0 aliphatic rings. The molecule has 0 bridgehead atoms. The van der Waals surface area contributed by atoms with E-state index in [1.807, 2.05) is 25.1 Å². The van der Waals surface area contributed by atoms with E-state index in [9.17, 15) is 0 Å². The molecule has 1 N–H and O–H groups in total. The molecule has 1 aromatic heterocycles. The average Bonchev–Trinajstić information content (AvgIpc) is 2.91. The zero-order valence-corrected chi connectivity index (χ0v) is 15.2. The average molecular weight is 348 g/mol. The number of nitrogens with zero attached hydrogens (tertiary/aromatic N) is 3. The molecule has 7 heteroatoms. The molecule has 130 valence electrons. The number of aryl methyl sites for hydroxylation is 1. The van der Waals surface area contributed by atoms with E-state index in [0.717, 1.165) is 17.7 Å². The van der Waals surface area contributed by atoms with Crippen molar-refractivity contribution in [2.75, 3.05) is 13.7 Å². The Morgan fingerprint density at radius 2 is 2.12 bits per heavy atom. The van der Waals surface area contributed by atoms with Crippen LogP contribution in [0.15, 0.2) is 23.3 Å². The van der Waals surface area contributed by atoms with Gasteiger partial charge in [-0.3, -0.25) is 5.10 Å². The van der Waals surface area contributed by atoms with Gasteiger partial charge in [0.05, 0.1) is 19.9 Å². The van der Waals surface area contributed by atoms with Crippen LogP contribution in [0.4, 0.5) is 0 Å². The maximum atomic E-state index is 5.81. The smallest absolute Gasteiger partial charge is 0.216 e. The lowest BCUT2D eigenvalue weighted by atomic mass is 10.2. The summed E-state index contributed by atoms with van der Waals surface area (Å²) in [5.41, 5.74) is 0.896. The Morgan fingerprint density at radius 3 is 2.79 bits per heavy atom. The van der Waals surface area contributed by atoms with E-state index >= 15 is 0 Å². The number of unbranched alkanes of at least 4 members (excludes halogenated alkanes) is 3. The summed E-state index contributed by atoms with van der Waals surface area (Å²) in [4.78, 5) is 0. The lowest BCUT2D eigenvalue weighted by Gasteiger charge is -2.11. The molecule has 1 heterocycles. The van der Waals surface area contributed by atoms with E-state index in [4.69, 9.17) is 21.7 Å². The third kappa shape index (κ3) is 4.92. The molecule has 0 spiro atoms. The molecule has 0 aliphatic heterocycles. The van der Waals surface area contributed by atoms with Gasteiger partial charge in [-0.05, 0) is 49.3 Å². The predicted molar refractivity (Wildman–Crippen MR) is 97.8 cm³/mol. The van der Waals surface area contributed by atoms with E-state index < -0.39 is 0 Å². The summed E-state index contributed by atoms with van der Waals surface area (Å²) in [6, 6.07) is 5.73.